The van der Waals surface area contributed by atoms with E-state index in [0.29, 0.717) is 23.4 Å². The molecule has 162 valence electrons. The molecule has 1 aliphatic rings. The maximum atomic E-state index is 12.4. The van der Waals surface area contributed by atoms with Gasteiger partial charge in [0.2, 0.25) is 0 Å². The molecule has 0 radical (unpaired) electrons. The fourth-order valence-corrected chi connectivity index (χ4v) is 4.24. The van der Waals surface area contributed by atoms with Gasteiger partial charge >= 0.3 is 6.03 Å². The van der Waals surface area contributed by atoms with Crippen molar-refractivity contribution in [3.8, 4) is 17.0 Å². The standard InChI is InChI=1S/C24H28N4O3/c1-28-23(29)20-11-7-6-10-19(20)22(27-28)16-12-13-21(31-2)17(14-16)15-25-24(30)26-18-8-4-3-5-9-18/h6-7,10-14,18H,3-5,8-9,15H2,1-2H3,(H2,25,26,30). The van der Waals surface area contributed by atoms with E-state index in [-0.39, 0.29) is 17.6 Å². The first-order valence-electron chi connectivity index (χ1n) is 10.7. The SMILES string of the molecule is COc1ccc(-c2nn(C)c(=O)c3ccccc23)cc1CNC(=O)NC1CCCCC1. The van der Waals surface area contributed by atoms with Gasteiger partial charge in [-0.1, -0.05) is 37.5 Å². The summed E-state index contributed by atoms with van der Waals surface area (Å²) in [6.07, 6.45) is 5.66. The van der Waals surface area contributed by atoms with Crippen molar-refractivity contribution in [2.75, 3.05) is 7.11 Å². The number of amides is 2. The summed E-state index contributed by atoms with van der Waals surface area (Å²) in [7, 11) is 3.26. The van der Waals surface area contributed by atoms with Gasteiger partial charge in [-0.2, -0.15) is 5.10 Å². The number of nitrogens with one attached hydrogen (secondary N) is 2. The molecule has 31 heavy (non-hydrogen) atoms. The highest BCUT2D eigenvalue weighted by Crippen LogP contribution is 2.29. The van der Waals surface area contributed by atoms with E-state index in [1.165, 1.54) is 23.9 Å². The van der Waals surface area contributed by atoms with E-state index in [1.807, 2.05) is 42.5 Å². The van der Waals surface area contributed by atoms with Crippen LogP contribution in [0.25, 0.3) is 22.0 Å². The second-order valence-electron chi connectivity index (χ2n) is 8.01. The number of hydrogen-bond donors (Lipinski definition) is 2. The summed E-state index contributed by atoms with van der Waals surface area (Å²) in [6.45, 7) is 0.333. The van der Waals surface area contributed by atoms with Gasteiger partial charge in [0, 0.05) is 36.1 Å². The van der Waals surface area contributed by atoms with Crippen molar-refractivity contribution in [2.45, 2.75) is 44.7 Å². The third-order valence-corrected chi connectivity index (χ3v) is 5.89. The lowest BCUT2D eigenvalue weighted by Gasteiger charge is -2.23. The highest BCUT2D eigenvalue weighted by Gasteiger charge is 2.17. The van der Waals surface area contributed by atoms with E-state index in [2.05, 4.69) is 15.7 Å². The zero-order chi connectivity index (χ0) is 21.8. The van der Waals surface area contributed by atoms with Crippen LogP contribution >= 0.6 is 0 Å². The Morgan fingerprint density at radius 2 is 1.87 bits per heavy atom. The minimum Gasteiger partial charge on any atom is -0.496 e. The van der Waals surface area contributed by atoms with Gasteiger partial charge in [-0.15, -0.1) is 0 Å². The van der Waals surface area contributed by atoms with Crippen LogP contribution in [0.4, 0.5) is 4.79 Å². The maximum absolute atomic E-state index is 12.4. The van der Waals surface area contributed by atoms with E-state index < -0.39 is 0 Å². The molecule has 3 aromatic rings. The Balaban J connectivity index is 1.60. The van der Waals surface area contributed by atoms with Crippen LogP contribution in [0, 0.1) is 0 Å². The molecular formula is C24H28N4O3. The normalized spacial score (nSPS) is 14.4. The maximum Gasteiger partial charge on any atom is 0.315 e. The molecule has 2 N–H and O–H groups in total. The molecule has 0 aliphatic heterocycles. The van der Waals surface area contributed by atoms with Crippen LogP contribution in [0.2, 0.25) is 0 Å². The minimum atomic E-state index is -0.162. The summed E-state index contributed by atoms with van der Waals surface area (Å²) in [6, 6.07) is 13.3. The molecule has 0 atom stereocenters. The molecule has 0 unspecified atom stereocenters. The first kappa shape index (κ1) is 20.9. The molecule has 1 heterocycles. The highest BCUT2D eigenvalue weighted by atomic mass is 16.5. The number of urea groups is 1. The van der Waals surface area contributed by atoms with Crippen molar-refractivity contribution >= 4 is 16.8 Å². The number of hydrogen-bond acceptors (Lipinski definition) is 4. The molecule has 0 bridgehead atoms. The number of aromatic nitrogens is 2. The van der Waals surface area contributed by atoms with Gasteiger partial charge in [-0.05, 0) is 37.1 Å². The number of aryl methyl sites for hydroxylation is 1. The predicted octanol–water partition coefficient (Wildman–Crippen LogP) is 3.74. The smallest absolute Gasteiger partial charge is 0.315 e. The zero-order valence-electron chi connectivity index (χ0n) is 18.0. The van der Waals surface area contributed by atoms with Crippen LogP contribution < -0.4 is 20.9 Å². The largest absolute Gasteiger partial charge is 0.496 e. The lowest BCUT2D eigenvalue weighted by molar-refractivity contribution is 0.232. The van der Waals surface area contributed by atoms with Crippen molar-refractivity contribution in [1.82, 2.24) is 20.4 Å². The minimum absolute atomic E-state index is 0.130. The Bertz CT molecular complexity index is 1150. The lowest BCUT2D eigenvalue weighted by Crippen LogP contribution is -2.42. The Kier molecular flexibility index (Phi) is 6.21. The number of nitrogens with zero attached hydrogens (tertiary/aromatic N) is 2. The van der Waals surface area contributed by atoms with Gasteiger partial charge < -0.3 is 15.4 Å². The molecule has 7 heteroatoms. The molecule has 1 aromatic heterocycles. The highest BCUT2D eigenvalue weighted by molar-refractivity contribution is 5.93. The van der Waals surface area contributed by atoms with Gasteiger partial charge in [0.15, 0.2) is 0 Å². The van der Waals surface area contributed by atoms with Gasteiger partial charge in [-0.25, -0.2) is 9.48 Å². The van der Waals surface area contributed by atoms with Crippen LogP contribution in [0.5, 0.6) is 5.75 Å². The molecule has 2 aromatic carbocycles. The number of carbonyl (C=O) groups excluding carboxylic acids is 1. The summed E-state index contributed by atoms with van der Waals surface area (Å²) in [5.41, 5.74) is 2.29. The van der Waals surface area contributed by atoms with Gasteiger partial charge in [-0.3, -0.25) is 4.79 Å². The first-order valence-corrected chi connectivity index (χ1v) is 10.7. The van der Waals surface area contributed by atoms with Crippen molar-refractivity contribution in [1.29, 1.82) is 0 Å². The number of carbonyl (C=O) groups is 1. The van der Waals surface area contributed by atoms with E-state index >= 15 is 0 Å². The van der Waals surface area contributed by atoms with Crippen molar-refractivity contribution in [3.63, 3.8) is 0 Å². The molecule has 4 rings (SSSR count). The Morgan fingerprint density at radius 1 is 1.13 bits per heavy atom. The number of methoxy groups -OCH3 is 1. The van der Waals surface area contributed by atoms with Crippen molar-refractivity contribution < 1.29 is 9.53 Å². The average Bonchev–Trinajstić information content (AvgIpc) is 2.80. The Morgan fingerprint density at radius 3 is 2.61 bits per heavy atom. The molecule has 2 amide bonds. The Labute approximate surface area is 181 Å². The second-order valence-corrected chi connectivity index (χ2v) is 8.01. The van der Waals surface area contributed by atoms with Crippen molar-refractivity contribution in [2.24, 2.45) is 7.05 Å². The number of rotatable bonds is 5. The summed E-state index contributed by atoms with van der Waals surface area (Å²) in [5, 5.41) is 11.9. The molecule has 7 nitrogen and oxygen atoms in total. The molecule has 1 aliphatic carbocycles. The monoisotopic (exact) mass is 420 g/mol. The summed E-state index contributed by atoms with van der Waals surface area (Å²) < 4.78 is 6.86. The predicted molar refractivity (Wildman–Crippen MR) is 121 cm³/mol. The molecule has 0 spiro atoms. The van der Waals surface area contributed by atoms with Gasteiger partial charge in [0.25, 0.3) is 5.56 Å². The quantitative estimate of drug-likeness (QED) is 0.658. The number of fused-ring (bicyclic) bond motifs is 1. The fraction of sp³-hybridized carbons (Fsp3) is 0.375. The van der Waals surface area contributed by atoms with E-state index in [4.69, 9.17) is 4.74 Å². The number of benzene rings is 2. The Hall–Kier alpha value is -3.35. The van der Waals surface area contributed by atoms with E-state index in [0.717, 1.165) is 29.4 Å². The summed E-state index contributed by atoms with van der Waals surface area (Å²) in [5.74, 6) is 0.691. The average molecular weight is 421 g/mol. The third kappa shape index (κ3) is 4.55. The molecular weight excluding hydrogens is 392 g/mol. The lowest BCUT2D eigenvalue weighted by atomic mass is 9.96. The van der Waals surface area contributed by atoms with E-state index in [1.54, 1.807) is 14.2 Å². The summed E-state index contributed by atoms with van der Waals surface area (Å²) >= 11 is 0. The third-order valence-electron chi connectivity index (χ3n) is 5.89. The van der Waals surface area contributed by atoms with Crippen LogP contribution in [0.15, 0.2) is 47.3 Å². The van der Waals surface area contributed by atoms with Crippen LogP contribution in [-0.2, 0) is 13.6 Å². The molecule has 1 fully saturated rings. The van der Waals surface area contributed by atoms with Crippen LogP contribution in [0.1, 0.15) is 37.7 Å². The second kappa shape index (κ2) is 9.20. The van der Waals surface area contributed by atoms with Crippen molar-refractivity contribution in [3.05, 3.63) is 58.4 Å². The van der Waals surface area contributed by atoms with E-state index in [9.17, 15) is 9.59 Å². The van der Waals surface area contributed by atoms with Crippen LogP contribution in [0.3, 0.4) is 0 Å². The topological polar surface area (TPSA) is 85.2 Å². The van der Waals surface area contributed by atoms with Gasteiger partial charge in [0.05, 0.1) is 18.2 Å². The molecule has 1 saturated carbocycles. The zero-order valence-corrected chi connectivity index (χ0v) is 18.0. The van der Waals surface area contributed by atoms with Gasteiger partial charge in [0.1, 0.15) is 5.75 Å². The summed E-state index contributed by atoms with van der Waals surface area (Å²) in [4.78, 5) is 24.8. The number of ether oxygens (including phenoxy) is 1. The first-order chi connectivity index (χ1) is 15.1. The fourth-order valence-electron chi connectivity index (χ4n) is 4.24. The molecule has 0 saturated heterocycles. The van der Waals surface area contributed by atoms with Crippen LogP contribution in [-0.4, -0.2) is 29.0 Å².